The van der Waals surface area contributed by atoms with Gasteiger partial charge >= 0.3 is 17.9 Å². The predicted molar refractivity (Wildman–Crippen MR) is 196 cm³/mol. The van der Waals surface area contributed by atoms with Crippen molar-refractivity contribution in [3.05, 3.63) is 0 Å². The third kappa shape index (κ3) is 15.1. The molecule has 0 bridgehead atoms. The molecule has 0 aromatic heterocycles. The Morgan fingerprint density at radius 1 is 0.683 bits per heavy atom. The molecule has 2 fully saturated rings. The van der Waals surface area contributed by atoms with Crippen molar-refractivity contribution < 1.29 is 98.2 Å². The Morgan fingerprint density at radius 3 is 1.78 bits per heavy atom. The highest BCUT2D eigenvalue weighted by Crippen LogP contribution is 2.31. The van der Waals surface area contributed by atoms with E-state index in [2.05, 4.69) is 26.6 Å². The Morgan fingerprint density at radius 2 is 1.25 bits per heavy atom. The molecule has 2 aliphatic heterocycles. The van der Waals surface area contributed by atoms with Crippen molar-refractivity contribution in [3.63, 3.8) is 0 Å². The zero-order valence-corrected chi connectivity index (χ0v) is 33.2. The highest BCUT2D eigenvalue weighted by Gasteiger charge is 2.53. The Bertz CT molecular complexity index is 1520. The van der Waals surface area contributed by atoms with Crippen molar-refractivity contribution in [2.24, 2.45) is 5.73 Å². The number of ether oxygens (including phenoxy) is 4. The molecule has 26 nitrogen and oxygen atoms in total. The second-order valence-corrected chi connectivity index (χ2v) is 14.3. The number of nitrogens with one attached hydrogen (secondary N) is 5. The van der Waals surface area contributed by atoms with E-state index in [1.165, 1.54) is 13.8 Å². The second-order valence-electron chi connectivity index (χ2n) is 14.3. The first-order valence-electron chi connectivity index (χ1n) is 18.8. The number of carboxylic acid groups (broad SMARTS) is 3. The van der Waals surface area contributed by atoms with Gasteiger partial charge in [0.15, 0.2) is 12.6 Å². The molecule has 2 rings (SSSR count). The number of nitrogens with two attached hydrogens (primary N) is 1. The molecule has 26 heteroatoms. The molecule has 0 aromatic rings. The first-order valence-corrected chi connectivity index (χ1v) is 18.8. The molecule has 60 heavy (non-hydrogen) atoms. The summed E-state index contributed by atoms with van der Waals surface area (Å²) in [7, 11) is 0. The third-order valence-electron chi connectivity index (χ3n) is 9.47. The van der Waals surface area contributed by atoms with E-state index in [0.29, 0.717) is 0 Å². The van der Waals surface area contributed by atoms with Gasteiger partial charge in [-0.3, -0.25) is 28.8 Å². The maximum absolute atomic E-state index is 13.4. The zero-order valence-electron chi connectivity index (χ0n) is 33.2. The highest BCUT2D eigenvalue weighted by atomic mass is 16.7. The fourth-order valence-electron chi connectivity index (χ4n) is 6.24. The van der Waals surface area contributed by atoms with Gasteiger partial charge in [0.2, 0.25) is 29.5 Å². The number of hydrogen-bond donors (Lipinski definition) is 14. The molecule has 15 N–H and O–H groups in total. The molecule has 0 aliphatic carbocycles. The van der Waals surface area contributed by atoms with Crippen LogP contribution in [-0.4, -0.2) is 193 Å². The van der Waals surface area contributed by atoms with Crippen LogP contribution in [0.25, 0.3) is 0 Å². The first-order chi connectivity index (χ1) is 28.0. The lowest BCUT2D eigenvalue weighted by molar-refractivity contribution is -0.333. The number of carbonyl (C=O) groups excluding carboxylic acids is 5. The lowest BCUT2D eigenvalue weighted by atomic mass is 9.94. The molecule has 2 saturated heterocycles. The summed E-state index contributed by atoms with van der Waals surface area (Å²) in [5, 5.41) is 91.3. The van der Waals surface area contributed by atoms with E-state index >= 15 is 0 Å². The predicted octanol–water partition coefficient (Wildman–Crippen LogP) is -6.69. The number of carboxylic acids is 3. The molecule has 2 aliphatic rings. The maximum Gasteiger partial charge on any atom is 0.326 e. The van der Waals surface area contributed by atoms with Gasteiger partial charge in [-0.25, -0.2) is 9.59 Å². The van der Waals surface area contributed by atoms with Crippen molar-refractivity contribution in [1.82, 2.24) is 26.6 Å². The van der Waals surface area contributed by atoms with Crippen LogP contribution in [0.4, 0.5) is 0 Å². The zero-order chi connectivity index (χ0) is 45.6. The van der Waals surface area contributed by atoms with E-state index in [4.69, 9.17) is 29.8 Å². The number of carbonyl (C=O) groups is 8. The lowest BCUT2D eigenvalue weighted by Crippen LogP contribution is -2.70. The van der Waals surface area contributed by atoms with Gasteiger partial charge in [0.05, 0.1) is 13.2 Å². The molecular formula is C34H56N6O20. The normalized spacial score (nSPS) is 29.0. The minimum atomic E-state index is -1.89. The lowest BCUT2D eigenvalue weighted by Gasteiger charge is -2.48. The van der Waals surface area contributed by atoms with Crippen LogP contribution in [0.5, 0.6) is 0 Å². The average Bonchev–Trinajstić information content (AvgIpc) is 3.16. The largest absolute Gasteiger partial charge is 0.480 e. The monoisotopic (exact) mass is 868 g/mol. The minimum Gasteiger partial charge on any atom is -0.480 e. The number of hydrogen-bond acceptors (Lipinski definition) is 18. The number of aliphatic hydroxyl groups is 5. The van der Waals surface area contributed by atoms with Crippen molar-refractivity contribution in [2.75, 3.05) is 13.2 Å². The van der Waals surface area contributed by atoms with Crippen molar-refractivity contribution >= 4 is 47.4 Å². The molecule has 15 atom stereocenters. The minimum absolute atomic E-state index is 0.0363. The standard InChI is InChI=1S/C34H56N6O20/c1-12(28(48)40-18(32(54)55)8-9-21(45)39-17(31(52)53)7-5-6-16(35)30(50)51)36-29(49)13(2)57-27-23(38-15(4)44)33(56)58-20(11-42)26(27)60-34-22(37-14(3)43)25(47)24(46)19(10-41)59-34/h12-13,16-20,22-27,33-34,41-42,46-47,56H,5-11,35H2,1-4H3,(H,36,49)(H,37,43)(H,38,44)(H,39,45)(H,40,48)(H,50,51)(H,52,53)(H,54,55)/t12-,13?,16+,17-,18+,19+,20+,22+,23+,24+,25+,26+,27+,33+,34-/m0/s1. The van der Waals surface area contributed by atoms with Gasteiger partial charge in [-0.2, -0.15) is 0 Å². The Labute approximate surface area is 342 Å². The SMILES string of the molecule is CC(=O)N[C@@H]1[C@@H](OC(C)C(=O)N[C@@H](C)C(=O)N[C@H](CCC(=O)N[C@@H](CCC[C@@H](N)C(=O)O)C(=O)O)C(=O)O)[C@H](O[C@@H]2O[C@H](CO)[C@@H](O)[C@H](O)[C@H]2NC(C)=O)[C@@H](CO)O[C@H]1O. The van der Waals surface area contributed by atoms with E-state index < -0.39 is 165 Å². The van der Waals surface area contributed by atoms with Gasteiger partial charge in [-0.1, -0.05) is 0 Å². The number of rotatable bonds is 23. The van der Waals surface area contributed by atoms with Crippen LogP contribution >= 0.6 is 0 Å². The Hall–Kier alpha value is -4.64. The van der Waals surface area contributed by atoms with Crippen LogP contribution in [0.1, 0.15) is 59.8 Å². The number of aliphatic hydroxyl groups excluding tert-OH is 5. The first kappa shape index (κ1) is 51.5. The summed E-state index contributed by atoms with van der Waals surface area (Å²) in [5.41, 5.74) is 5.40. The fraction of sp³-hybridized carbons (Fsp3) is 0.765. The topological polar surface area (TPSA) is 421 Å². The molecule has 0 radical (unpaired) electrons. The van der Waals surface area contributed by atoms with Crippen LogP contribution in [-0.2, 0) is 57.3 Å². The van der Waals surface area contributed by atoms with Crippen molar-refractivity contribution in [3.8, 4) is 0 Å². The van der Waals surface area contributed by atoms with Crippen molar-refractivity contribution in [2.45, 2.75) is 151 Å². The maximum atomic E-state index is 13.4. The summed E-state index contributed by atoms with van der Waals surface area (Å²) in [6.07, 6.45) is -16.1. The summed E-state index contributed by atoms with van der Waals surface area (Å²) in [5.74, 6) is -8.68. The smallest absolute Gasteiger partial charge is 0.326 e. The summed E-state index contributed by atoms with van der Waals surface area (Å²) in [6, 6.07) is -8.87. The molecule has 2 heterocycles. The van der Waals surface area contributed by atoms with Gasteiger partial charge in [-0.15, -0.1) is 0 Å². The fourth-order valence-corrected chi connectivity index (χ4v) is 6.24. The van der Waals surface area contributed by atoms with Gasteiger partial charge in [-0.05, 0) is 39.5 Å². The number of aliphatic carboxylic acids is 3. The second kappa shape index (κ2) is 24.0. The molecule has 0 spiro atoms. The van der Waals surface area contributed by atoms with E-state index in [9.17, 15) is 74.1 Å². The van der Waals surface area contributed by atoms with Crippen LogP contribution in [0.2, 0.25) is 0 Å². The average molecular weight is 869 g/mol. The summed E-state index contributed by atoms with van der Waals surface area (Å²) < 4.78 is 23.0. The highest BCUT2D eigenvalue weighted by molar-refractivity contribution is 5.91. The van der Waals surface area contributed by atoms with Gasteiger partial charge < -0.3 is 92.1 Å². The summed E-state index contributed by atoms with van der Waals surface area (Å²) >= 11 is 0. The molecule has 5 amide bonds. The Balaban J connectivity index is 2.18. The van der Waals surface area contributed by atoms with Crippen LogP contribution in [0.15, 0.2) is 0 Å². The van der Waals surface area contributed by atoms with Crippen LogP contribution in [0.3, 0.4) is 0 Å². The molecule has 342 valence electrons. The van der Waals surface area contributed by atoms with E-state index in [0.717, 1.165) is 13.8 Å². The molecular weight excluding hydrogens is 812 g/mol. The van der Waals surface area contributed by atoms with Gasteiger partial charge in [0.1, 0.15) is 79.0 Å². The molecule has 1 unspecified atom stereocenters. The Kier molecular flexibility index (Phi) is 20.6. The van der Waals surface area contributed by atoms with Crippen LogP contribution < -0.4 is 32.3 Å². The quantitative estimate of drug-likeness (QED) is 0.0454. The van der Waals surface area contributed by atoms with E-state index in [1.54, 1.807) is 0 Å². The summed E-state index contributed by atoms with van der Waals surface area (Å²) in [4.78, 5) is 97.5. The van der Waals surface area contributed by atoms with Crippen LogP contribution in [0, 0.1) is 0 Å². The van der Waals surface area contributed by atoms with E-state index in [-0.39, 0.29) is 19.3 Å². The van der Waals surface area contributed by atoms with Crippen molar-refractivity contribution in [1.29, 1.82) is 0 Å². The summed E-state index contributed by atoms with van der Waals surface area (Å²) in [6.45, 7) is 2.80. The van der Waals surface area contributed by atoms with Gasteiger partial charge in [0.25, 0.3) is 0 Å². The molecule has 0 saturated carbocycles. The van der Waals surface area contributed by atoms with E-state index in [1.807, 2.05) is 0 Å². The third-order valence-corrected chi connectivity index (χ3v) is 9.47. The van der Waals surface area contributed by atoms with Gasteiger partial charge in [0, 0.05) is 20.3 Å². The molecule has 0 aromatic carbocycles. The number of amides is 5.